The Bertz CT molecular complexity index is 421. The molecule has 98 valence electrons. The van der Waals surface area contributed by atoms with Gasteiger partial charge in [-0.3, -0.25) is 4.79 Å². The van der Waals surface area contributed by atoms with E-state index in [4.69, 9.17) is 0 Å². The molecule has 1 aliphatic rings. The maximum absolute atomic E-state index is 12.3. The average molecular weight is 312 g/mol. The predicted molar refractivity (Wildman–Crippen MR) is 74.5 cm³/mol. The molecule has 1 aliphatic heterocycles. The van der Waals surface area contributed by atoms with Crippen LogP contribution in [0, 0.1) is 0 Å². The second kappa shape index (κ2) is 5.80. The second-order valence-electron chi connectivity index (χ2n) is 4.84. The average Bonchev–Trinajstić information content (AvgIpc) is 2.38. The molecule has 1 fully saturated rings. The number of piperidine rings is 1. The number of nitrogens with zero attached hydrogens (tertiary/aromatic N) is 3. The first kappa shape index (κ1) is 13.5. The summed E-state index contributed by atoms with van der Waals surface area (Å²) in [5.41, 5.74) is 0.647. The first-order valence-corrected chi connectivity index (χ1v) is 6.94. The number of rotatable bonds is 2. The fourth-order valence-corrected chi connectivity index (χ4v) is 2.56. The van der Waals surface area contributed by atoms with Gasteiger partial charge in [-0.15, -0.1) is 0 Å². The van der Waals surface area contributed by atoms with Crippen LogP contribution < -0.4 is 0 Å². The lowest BCUT2D eigenvalue weighted by atomic mass is 10.0. The number of halogens is 1. The van der Waals surface area contributed by atoms with Gasteiger partial charge in [-0.2, -0.15) is 0 Å². The molecule has 1 aromatic rings. The van der Waals surface area contributed by atoms with Gasteiger partial charge in [0.1, 0.15) is 4.60 Å². The number of carbonyl (C=O) groups excluding carboxylic acids is 1. The number of amides is 1. The van der Waals surface area contributed by atoms with Gasteiger partial charge in [-0.25, -0.2) is 4.98 Å². The monoisotopic (exact) mass is 311 g/mol. The highest BCUT2D eigenvalue weighted by molar-refractivity contribution is 9.10. The molecule has 0 bridgehead atoms. The van der Waals surface area contributed by atoms with Crippen LogP contribution >= 0.6 is 15.9 Å². The summed E-state index contributed by atoms with van der Waals surface area (Å²) >= 11 is 3.27. The van der Waals surface area contributed by atoms with Gasteiger partial charge in [0.15, 0.2) is 0 Å². The summed E-state index contributed by atoms with van der Waals surface area (Å²) in [5.74, 6) is 0.0512. The lowest BCUT2D eigenvalue weighted by Gasteiger charge is -2.35. The SMILES string of the molecule is CN1CCCC(N(C)C(=O)c2ccc(Br)nc2)C1. The Hall–Kier alpha value is -0.940. The number of likely N-dealkylation sites (tertiary alicyclic amines) is 1. The summed E-state index contributed by atoms with van der Waals surface area (Å²) in [4.78, 5) is 20.5. The van der Waals surface area contributed by atoms with Gasteiger partial charge in [-0.1, -0.05) is 0 Å². The highest BCUT2D eigenvalue weighted by Crippen LogP contribution is 2.16. The maximum atomic E-state index is 12.3. The predicted octanol–water partition coefficient (Wildman–Crippen LogP) is 2.01. The van der Waals surface area contributed by atoms with Crippen LogP contribution in [0.3, 0.4) is 0 Å². The molecule has 0 aliphatic carbocycles. The van der Waals surface area contributed by atoms with Gasteiger partial charge in [0.2, 0.25) is 0 Å². The van der Waals surface area contributed by atoms with E-state index in [9.17, 15) is 4.79 Å². The van der Waals surface area contributed by atoms with E-state index < -0.39 is 0 Å². The van der Waals surface area contributed by atoms with Crippen molar-refractivity contribution in [3.05, 3.63) is 28.5 Å². The van der Waals surface area contributed by atoms with Crippen molar-refractivity contribution in [2.45, 2.75) is 18.9 Å². The van der Waals surface area contributed by atoms with E-state index in [0.29, 0.717) is 11.6 Å². The summed E-state index contributed by atoms with van der Waals surface area (Å²) in [6.07, 6.45) is 3.85. The van der Waals surface area contributed by atoms with Crippen LogP contribution in [0.2, 0.25) is 0 Å². The summed E-state index contributed by atoms with van der Waals surface area (Å²) in [6, 6.07) is 3.91. The van der Waals surface area contributed by atoms with Crippen LogP contribution in [0.1, 0.15) is 23.2 Å². The molecular formula is C13H18BrN3O. The van der Waals surface area contributed by atoms with Crippen molar-refractivity contribution in [2.75, 3.05) is 27.2 Å². The molecule has 18 heavy (non-hydrogen) atoms. The zero-order valence-corrected chi connectivity index (χ0v) is 12.4. The van der Waals surface area contributed by atoms with Crippen molar-refractivity contribution >= 4 is 21.8 Å². The number of likely N-dealkylation sites (N-methyl/N-ethyl adjacent to an activating group) is 2. The lowest BCUT2D eigenvalue weighted by Crippen LogP contribution is -2.47. The number of carbonyl (C=O) groups is 1. The Balaban J connectivity index is 2.06. The third-order valence-corrected chi connectivity index (χ3v) is 3.91. The van der Waals surface area contributed by atoms with Gasteiger partial charge < -0.3 is 9.80 Å². The third kappa shape index (κ3) is 3.09. The molecule has 2 heterocycles. The van der Waals surface area contributed by atoms with Crippen molar-refractivity contribution in [3.63, 3.8) is 0 Å². The number of pyridine rings is 1. The Morgan fingerprint density at radius 2 is 2.33 bits per heavy atom. The molecule has 0 aromatic carbocycles. The molecule has 0 spiro atoms. The van der Waals surface area contributed by atoms with Gasteiger partial charge in [-0.05, 0) is 54.5 Å². The highest BCUT2D eigenvalue weighted by atomic mass is 79.9. The maximum Gasteiger partial charge on any atom is 0.255 e. The molecule has 0 radical (unpaired) electrons. The first-order chi connectivity index (χ1) is 8.58. The van der Waals surface area contributed by atoms with Gasteiger partial charge in [0, 0.05) is 25.8 Å². The van der Waals surface area contributed by atoms with Crippen LogP contribution in [-0.2, 0) is 0 Å². The zero-order chi connectivity index (χ0) is 13.1. The third-order valence-electron chi connectivity index (χ3n) is 3.44. The number of aromatic nitrogens is 1. The largest absolute Gasteiger partial charge is 0.337 e. The van der Waals surface area contributed by atoms with Crippen molar-refractivity contribution in [3.8, 4) is 0 Å². The van der Waals surface area contributed by atoms with Crippen LogP contribution in [0.15, 0.2) is 22.9 Å². The fourth-order valence-electron chi connectivity index (χ4n) is 2.33. The molecule has 1 amide bonds. The zero-order valence-electron chi connectivity index (χ0n) is 10.8. The smallest absolute Gasteiger partial charge is 0.255 e. The van der Waals surface area contributed by atoms with Crippen molar-refractivity contribution < 1.29 is 4.79 Å². The van der Waals surface area contributed by atoms with Crippen molar-refractivity contribution in [2.24, 2.45) is 0 Å². The van der Waals surface area contributed by atoms with Crippen LogP contribution in [-0.4, -0.2) is 53.9 Å². The summed E-state index contributed by atoms with van der Waals surface area (Å²) < 4.78 is 0.749. The van der Waals surface area contributed by atoms with E-state index in [0.717, 1.165) is 30.5 Å². The van der Waals surface area contributed by atoms with E-state index in [1.165, 1.54) is 0 Å². The standard InChI is InChI=1S/C13H18BrN3O/c1-16-7-3-4-11(9-16)17(2)13(18)10-5-6-12(14)15-8-10/h5-6,8,11H,3-4,7,9H2,1-2H3. The van der Waals surface area contributed by atoms with Gasteiger partial charge in [0.25, 0.3) is 5.91 Å². The highest BCUT2D eigenvalue weighted by Gasteiger charge is 2.25. The molecule has 4 nitrogen and oxygen atoms in total. The van der Waals surface area contributed by atoms with E-state index >= 15 is 0 Å². The van der Waals surface area contributed by atoms with Crippen LogP contribution in [0.25, 0.3) is 0 Å². The fraction of sp³-hybridized carbons (Fsp3) is 0.538. The van der Waals surface area contributed by atoms with Crippen LogP contribution in [0.5, 0.6) is 0 Å². The minimum atomic E-state index is 0.0512. The van der Waals surface area contributed by atoms with E-state index in [1.54, 1.807) is 12.3 Å². The van der Waals surface area contributed by atoms with E-state index in [2.05, 4.69) is 32.9 Å². The number of hydrogen-bond donors (Lipinski definition) is 0. The topological polar surface area (TPSA) is 36.4 Å². The van der Waals surface area contributed by atoms with E-state index in [-0.39, 0.29) is 5.91 Å². The molecule has 1 aromatic heterocycles. The molecule has 2 rings (SSSR count). The van der Waals surface area contributed by atoms with Gasteiger partial charge in [0.05, 0.1) is 5.56 Å². The molecule has 0 saturated carbocycles. The van der Waals surface area contributed by atoms with E-state index in [1.807, 2.05) is 18.0 Å². The Morgan fingerprint density at radius 1 is 1.56 bits per heavy atom. The summed E-state index contributed by atoms with van der Waals surface area (Å²) in [5, 5.41) is 0. The molecule has 1 atom stereocenters. The first-order valence-electron chi connectivity index (χ1n) is 6.15. The van der Waals surface area contributed by atoms with Crippen molar-refractivity contribution in [1.82, 2.24) is 14.8 Å². The number of hydrogen-bond acceptors (Lipinski definition) is 3. The normalized spacial score (nSPS) is 20.7. The van der Waals surface area contributed by atoms with Crippen molar-refractivity contribution in [1.29, 1.82) is 0 Å². The lowest BCUT2D eigenvalue weighted by molar-refractivity contribution is 0.0643. The summed E-state index contributed by atoms with van der Waals surface area (Å²) in [7, 11) is 3.99. The quantitative estimate of drug-likeness (QED) is 0.784. The Morgan fingerprint density at radius 3 is 2.94 bits per heavy atom. The molecule has 5 heteroatoms. The minimum Gasteiger partial charge on any atom is -0.337 e. The Kier molecular flexibility index (Phi) is 4.35. The molecule has 1 unspecified atom stereocenters. The summed E-state index contributed by atoms with van der Waals surface area (Å²) in [6.45, 7) is 2.07. The second-order valence-corrected chi connectivity index (χ2v) is 5.66. The van der Waals surface area contributed by atoms with Crippen LogP contribution in [0.4, 0.5) is 0 Å². The minimum absolute atomic E-state index is 0.0512. The molecular weight excluding hydrogens is 294 g/mol. The molecule has 0 N–H and O–H groups in total. The Labute approximate surface area is 116 Å². The van der Waals surface area contributed by atoms with Gasteiger partial charge >= 0.3 is 0 Å². The molecule has 1 saturated heterocycles.